The summed E-state index contributed by atoms with van der Waals surface area (Å²) in [7, 11) is 1.78. The highest BCUT2D eigenvalue weighted by Crippen LogP contribution is 2.31. The number of nitrogens with one attached hydrogen (secondary N) is 2. The Bertz CT molecular complexity index is 1270. The number of hydrogen-bond acceptors (Lipinski definition) is 6. The van der Waals surface area contributed by atoms with E-state index in [1.54, 1.807) is 35.4 Å². The van der Waals surface area contributed by atoms with Crippen molar-refractivity contribution in [1.82, 2.24) is 20.5 Å². The topological polar surface area (TPSA) is 83.6 Å². The Labute approximate surface area is 228 Å². The largest absolute Gasteiger partial charge is 0.493 e. The summed E-state index contributed by atoms with van der Waals surface area (Å²) in [5.74, 6) is 0.348. The summed E-state index contributed by atoms with van der Waals surface area (Å²) in [5, 5.41) is 9.72. The Hall–Kier alpha value is -3.23. The van der Waals surface area contributed by atoms with Crippen LogP contribution in [0.4, 0.5) is 0 Å². The van der Waals surface area contributed by atoms with Gasteiger partial charge < -0.3 is 20.3 Å². The van der Waals surface area contributed by atoms with E-state index < -0.39 is 0 Å². The van der Waals surface area contributed by atoms with Gasteiger partial charge in [0.1, 0.15) is 10.8 Å². The van der Waals surface area contributed by atoms with E-state index in [-0.39, 0.29) is 17.9 Å². The minimum atomic E-state index is -0.173. The Morgan fingerprint density at radius 3 is 2.82 bits per heavy atom. The maximum atomic E-state index is 13.6. The van der Waals surface area contributed by atoms with Crippen LogP contribution in [0.25, 0.3) is 0 Å². The molecule has 0 unspecified atom stereocenters. The summed E-state index contributed by atoms with van der Waals surface area (Å²) in [6.07, 6.45) is 5.52. The predicted molar refractivity (Wildman–Crippen MR) is 150 cm³/mol. The molecular formula is C30H36N4O3S. The van der Waals surface area contributed by atoms with Gasteiger partial charge in [-0.15, -0.1) is 11.3 Å². The second kappa shape index (κ2) is 12.1. The predicted octanol–water partition coefficient (Wildman–Crippen LogP) is 4.53. The molecule has 2 amide bonds. The van der Waals surface area contributed by atoms with Crippen LogP contribution in [-0.4, -0.2) is 54.0 Å². The zero-order valence-electron chi connectivity index (χ0n) is 22.2. The molecule has 2 N–H and O–H groups in total. The third kappa shape index (κ3) is 6.42. The van der Waals surface area contributed by atoms with Gasteiger partial charge in [0.05, 0.1) is 13.2 Å². The van der Waals surface area contributed by atoms with E-state index in [1.807, 2.05) is 30.5 Å². The van der Waals surface area contributed by atoms with Crippen molar-refractivity contribution in [3.8, 4) is 5.75 Å². The number of aryl methyl sites for hydroxylation is 1. The van der Waals surface area contributed by atoms with Crippen LogP contribution < -0.4 is 15.4 Å². The molecule has 200 valence electrons. The molecule has 2 aliphatic heterocycles. The van der Waals surface area contributed by atoms with Crippen molar-refractivity contribution in [1.29, 1.82) is 0 Å². The first-order valence-electron chi connectivity index (χ1n) is 13.5. The first-order chi connectivity index (χ1) is 18.5. The van der Waals surface area contributed by atoms with E-state index in [4.69, 9.17) is 4.74 Å². The molecule has 2 aliphatic rings. The molecule has 2 aromatic carbocycles. The van der Waals surface area contributed by atoms with Gasteiger partial charge in [0.25, 0.3) is 11.8 Å². The Morgan fingerprint density at radius 2 is 2.08 bits per heavy atom. The third-order valence-electron chi connectivity index (χ3n) is 7.31. The van der Waals surface area contributed by atoms with Crippen LogP contribution in [0.2, 0.25) is 0 Å². The van der Waals surface area contributed by atoms with E-state index in [0.29, 0.717) is 36.1 Å². The first kappa shape index (κ1) is 26.4. The van der Waals surface area contributed by atoms with Gasteiger partial charge in [0, 0.05) is 46.9 Å². The average Bonchev–Trinajstić information content (AvgIpc) is 3.59. The molecule has 5 rings (SSSR count). The number of rotatable bonds is 9. The van der Waals surface area contributed by atoms with E-state index in [2.05, 4.69) is 27.8 Å². The Morgan fingerprint density at radius 1 is 1.24 bits per heavy atom. The fraction of sp³-hybridized carbons (Fsp3) is 0.433. The van der Waals surface area contributed by atoms with Gasteiger partial charge in [-0.25, -0.2) is 4.98 Å². The second-order valence-electron chi connectivity index (χ2n) is 10.4. The lowest BCUT2D eigenvalue weighted by atomic mass is 9.95. The van der Waals surface area contributed by atoms with Gasteiger partial charge in [-0.05, 0) is 69.7 Å². The summed E-state index contributed by atoms with van der Waals surface area (Å²) in [6, 6.07) is 14.2. The number of fused-ring (bicyclic) bond motifs is 1. The molecule has 8 heteroatoms. The Balaban J connectivity index is 1.38. The molecule has 2 atom stereocenters. The maximum Gasteiger partial charge on any atom is 0.254 e. The van der Waals surface area contributed by atoms with Gasteiger partial charge in [-0.3, -0.25) is 9.59 Å². The van der Waals surface area contributed by atoms with Crippen molar-refractivity contribution in [2.75, 3.05) is 20.2 Å². The summed E-state index contributed by atoms with van der Waals surface area (Å²) < 4.78 is 5.94. The van der Waals surface area contributed by atoms with Crippen molar-refractivity contribution in [3.63, 3.8) is 0 Å². The molecule has 0 bridgehead atoms. The third-order valence-corrected chi connectivity index (χ3v) is 8.26. The average molecular weight is 533 g/mol. The first-order valence-corrected chi connectivity index (χ1v) is 14.4. The molecule has 38 heavy (non-hydrogen) atoms. The van der Waals surface area contributed by atoms with Crippen LogP contribution in [0.3, 0.4) is 0 Å². The van der Waals surface area contributed by atoms with Gasteiger partial charge in [-0.2, -0.15) is 0 Å². The number of thiazole rings is 1. The summed E-state index contributed by atoms with van der Waals surface area (Å²) >= 11 is 1.55. The minimum Gasteiger partial charge on any atom is -0.493 e. The number of aromatic nitrogens is 1. The van der Waals surface area contributed by atoms with Gasteiger partial charge in [0.15, 0.2) is 0 Å². The van der Waals surface area contributed by atoms with Crippen LogP contribution in [0.1, 0.15) is 68.2 Å². The fourth-order valence-electron chi connectivity index (χ4n) is 5.40. The van der Waals surface area contributed by atoms with Crippen molar-refractivity contribution in [2.45, 2.75) is 64.1 Å². The van der Waals surface area contributed by atoms with Crippen LogP contribution in [0.5, 0.6) is 5.75 Å². The van der Waals surface area contributed by atoms with Crippen LogP contribution in [0.15, 0.2) is 47.8 Å². The molecule has 0 radical (unpaired) electrons. The number of benzene rings is 2. The maximum absolute atomic E-state index is 13.6. The molecule has 7 nitrogen and oxygen atoms in total. The molecule has 3 heterocycles. The van der Waals surface area contributed by atoms with Gasteiger partial charge in [-0.1, -0.05) is 30.3 Å². The van der Waals surface area contributed by atoms with E-state index in [0.717, 1.165) is 54.9 Å². The van der Waals surface area contributed by atoms with Crippen molar-refractivity contribution < 1.29 is 14.3 Å². The second-order valence-corrected chi connectivity index (χ2v) is 11.3. The van der Waals surface area contributed by atoms with E-state index in [9.17, 15) is 9.59 Å². The van der Waals surface area contributed by atoms with Crippen LogP contribution in [-0.2, 0) is 19.4 Å². The number of carbonyl (C=O) groups excluding carboxylic acids is 2. The number of ether oxygens (including phenoxy) is 1. The molecule has 0 saturated carbocycles. The quantitative estimate of drug-likeness (QED) is 0.423. The minimum absolute atomic E-state index is 0.0209. The van der Waals surface area contributed by atoms with Gasteiger partial charge >= 0.3 is 0 Å². The molecule has 0 spiro atoms. The molecular weight excluding hydrogens is 496 g/mol. The molecule has 0 aliphatic carbocycles. The number of amides is 2. The molecule has 3 aromatic rings. The lowest BCUT2D eigenvalue weighted by Crippen LogP contribution is -2.41. The number of hydrogen-bond donors (Lipinski definition) is 2. The van der Waals surface area contributed by atoms with Gasteiger partial charge in [0.2, 0.25) is 0 Å². The van der Waals surface area contributed by atoms with E-state index >= 15 is 0 Å². The monoisotopic (exact) mass is 532 g/mol. The number of nitrogens with zero attached hydrogens (tertiary/aromatic N) is 2. The molecule has 1 saturated heterocycles. The smallest absolute Gasteiger partial charge is 0.254 e. The van der Waals surface area contributed by atoms with Crippen molar-refractivity contribution in [3.05, 3.63) is 80.8 Å². The highest BCUT2D eigenvalue weighted by Gasteiger charge is 2.27. The van der Waals surface area contributed by atoms with Crippen molar-refractivity contribution in [2.24, 2.45) is 0 Å². The standard InChI is InChI=1S/C30H36N4O3S/c1-20-19-38-28(32-20)18-34(2)30(36)26-15-22(16-27-25(26)11-7-13-37-27)29(35)33-24(17-23-10-6-12-31-23)14-21-8-4-3-5-9-21/h3-5,8-9,15-16,19,23-24,31H,6-7,10-14,17-18H2,1-2H3,(H,33,35)/t23-,24+/m1/s1. The highest BCUT2D eigenvalue weighted by atomic mass is 32.1. The SMILES string of the molecule is Cc1csc(CN(C)C(=O)c2cc(C(=O)N[C@@H](Cc3ccccc3)C[C@H]3CCCN3)cc3c2CCCO3)n1. The fourth-order valence-corrected chi connectivity index (χ4v) is 6.23. The summed E-state index contributed by atoms with van der Waals surface area (Å²) in [6.45, 7) is 3.99. The zero-order chi connectivity index (χ0) is 26.5. The number of carbonyl (C=O) groups is 2. The van der Waals surface area contributed by atoms with Crippen LogP contribution in [0, 0.1) is 6.92 Å². The molecule has 1 aromatic heterocycles. The van der Waals surface area contributed by atoms with Crippen molar-refractivity contribution >= 4 is 23.2 Å². The summed E-state index contributed by atoms with van der Waals surface area (Å²) in [4.78, 5) is 33.4. The lowest BCUT2D eigenvalue weighted by molar-refractivity contribution is 0.0782. The highest BCUT2D eigenvalue weighted by molar-refractivity contribution is 7.09. The van der Waals surface area contributed by atoms with Crippen LogP contribution >= 0.6 is 11.3 Å². The van der Waals surface area contributed by atoms with E-state index in [1.165, 1.54) is 12.0 Å². The Kier molecular flexibility index (Phi) is 8.39. The zero-order valence-corrected chi connectivity index (χ0v) is 23.0. The normalized spacial score (nSPS) is 17.4. The molecule has 1 fully saturated rings. The lowest BCUT2D eigenvalue weighted by Gasteiger charge is -2.25. The summed E-state index contributed by atoms with van der Waals surface area (Å²) in [5.41, 5.74) is 4.04.